The van der Waals surface area contributed by atoms with E-state index in [0.29, 0.717) is 31.4 Å². The summed E-state index contributed by atoms with van der Waals surface area (Å²) >= 11 is 0. The summed E-state index contributed by atoms with van der Waals surface area (Å²) in [6.07, 6.45) is 5.07. The first-order valence-electron chi connectivity index (χ1n) is 27.8. The van der Waals surface area contributed by atoms with Crippen LogP contribution in [-0.4, -0.2) is 27.1 Å². The van der Waals surface area contributed by atoms with Crippen molar-refractivity contribution in [1.29, 1.82) is 0 Å². The molecule has 0 saturated carbocycles. The van der Waals surface area contributed by atoms with Gasteiger partial charge in [-0.05, 0) is 135 Å². The fourth-order valence-corrected chi connectivity index (χ4v) is 11.0. The number of nitrogens with zero attached hydrogens (tertiary/aromatic N) is 2. The van der Waals surface area contributed by atoms with Gasteiger partial charge in [0.05, 0.1) is 19.5 Å². The maximum Gasteiger partial charge on any atom is 0.422 e. The highest BCUT2D eigenvalue weighted by Gasteiger charge is 2.35. The van der Waals surface area contributed by atoms with Crippen molar-refractivity contribution >= 4 is 72.0 Å². The Morgan fingerprint density at radius 1 is 0.366 bits per heavy atom. The monoisotopic (exact) mass is 1080 g/mol. The maximum atomic E-state index is 10.7. The Morgan fingerprint density at radius 3 is 1.10 bits per heavy atom. The van der Waals surface area contributed by atoms with Gasteiger partial charge >= 0.3 is 11.8 Å². The van der Waals surface area contributed by atoms with E-state index in [1.807, 2.05) is 129 Å². The molecule has 10 heteroatoms. The molecule has 0 spiro atoms. The second-order valence-corrected chi connectivity index (χ2v) is 19.7. The van der Waals surface area contributed by atoms with E-state index in [0.717, 1.165) is 61.0 Å². The van der Waals surface area contributed by atoms with Gasteiger partial charge in [-0.3, -0.25) is 9.68 Å². The first-order valence-corrected chi connectivity index (χ1v) is 27.8. The predicted molar refractivity (Wildman–Crippen MR) is 326 cm³/mol. The normalized spacial score (nSPS) is 11.2. The topological polar surface area (TPSA) is 100 Å². The van der Waals surface area contributed by atoms with Crippen molar-refractivity contribution < 1.29 is 43.3 Å². The molecule has 0 aliphatic rings. The molecule has 0 atom stereocenters. The summed E-state index contributed by atoms with van der Waals surface area (Å²) in [5, 5.41) is 35.2. The van der Waals surface area contributed by atoms with Gasteiger partial charge in [-0.2, -0.15) is 0 Å². The van der Waals surface area contributed by atoms with E-state index in [9.17, 15) is 10.0 Å². The predicted octanol–water partition coefficient (Wildman–Crippen LogP) is 13.9. The Hall–Kier alpha value is -9.58. The van der Waals surface area contributed by atoms with Crippen LogP contribution in [0.3, 0.4) is 0 Å². The van der Waals surface area contributed by atoms with Gasteiger partial charge in [-0.1, -0.05) is 188 Å². The largest absolute Gasteiger partial charge is 0.871 e. The number of pyridine rings is 2. The molecular formula is C72H61BN2O7. The van der Waals surface area contributed by atoms with Crippen molar-refractivity contribution in [2.24, 2.45) is 0 Å². The Labute approximate surface area is 478 Å². The fourth-order valence-electron chi connectivity index (χ4n) is 11.0. The first-order chi connectivity index (χ1) is 40.4. The lowest BCUT2D eigenvalue weighted by molar-refractivity contribution is -0.892. The standard InChI is InChI=1S/2C25H20NO2.C22H21BO3/c2*1-2-27-26-14-8-7-13-24(26)28-25-22-12-6-5-11-20(22)16-21-15-18-9-3-4-10-19(18)17-23(21)25;24-23(25)26-18-10-17-22(19-11-4-1-5-12-19,20-13-6-2-7-14-20)21-15-8-3-9-16-21/h2*3-17H,2H2,1H3;1-9,11-16H,10,17-18H2/q2*+1;-2. The van der Waals surface area contributed by atoms with Crippen molar-refractivity contribution in [3.63, 3.8) is 0 Å². The molecular weight excluding hydrogens is 1020 g/mol. The van der Waals surface area contributed by atoms with Gasteiger partial charge in [-0.25, -0.2) is 0 Å². The van der Waals surface area contributed by atoms with E-state index >= 15 is 0 Å². The van der Waals surface area contributed by atoms with Gasteiger partial charge in [0.25, 0.3) is 0 Å². The molecule has 82 heavy (non-hydrogen) atoms. The average Bonchev–Trinajstić information content (AvgIpc) is 3.72. The summed E-state index contributed by atoms with van der Waals surface area (Å²) in [7, 11) is -2.23. The minimum absolute atomic E-state index is 0.159. The molecule has 0 amide bonds. The van der Waals surface area contributed by atoms with Crippen molar-refractivity contribution in [3.05, 3.63) is 290 Å². The Morgan fingerprint density at radius 2 is 0.707 bits per heavy atom. The highest BCUT2D eigenvalue weighted by Crippen LogP contribution is 2.44. The van der Waals surface area contributed by atoms with Crippen LogP contribution in [0.1, 0.15) is 43.4 Å². The van der Waals surface area contributed by atoms with Crippen LogP contribution in [-0.2, 0) is 10.1 Å². The molecule has 0 fully saturated rings. The van der Waals surface area contributed by atoms with Crippen LogP contribution in [0.15, 0.2) is 273 Å². The zero-order valence-corrected chi connectivity index (χ0v) is 45.8. The average molecular weight is 1080 g/mol. The minimum atomic E-state index is -2.23. The smallest absolute Gasteiger partial charge is 0.422 e. The van der Waals surface area contributed by atoms with Crippen molar-refractivity contribution in [3.8, 4) is 23.3 Å². The lowest BCUT2D eigenvalue weighted by atomic mass is 9.67. The Kier molecular flexibility index (Phi) is 17.0. The molecule has 0 radical (unpaired) electrons. The summed E-state index contributed by atoms with van der Waals surface area (Å²) < 4.78 is 21.0. The third-order valence-electron chi connectivity index (χ3n) is 14.6. The number of rotatable bonds is 16. The highest BCUT2D eigenvalue weighted by molar-refractivity contribution is 6.28. The van der Waals surface area contributed by atoms with Crippen molar-refractivity contribution in [2.45, 2.75) is 32.1 Å². The van der Waals surface area contributed by atoms with E-state index < -0.39 is 7.32 Å². The zero-order valence-electron chi connectivity index (χ0n) is 45.8. The lowest BCUT2D eigenvalue weighted by Gasteiger charge is -2.37. The van der Waals surface area contributed by atoms with Crippen LogP contribution in [0, 0.1) is 0 Å². The number of hydrogen-bond acceptors (Lipinski definition) is 7. The minimum Gasteiger partial charge on any atom is -0.871 e. The van der Waals surface area contributed by atoms with Crippen molar-refractivity contribution in [2.75, 3.05) is 19.8 Å². The molecule has 0 aliphatic carbocycles. The number of benzene rings is 11. The molecule has 2 heterocycles. The zero-order chi connectivity index (χ0) is 56.1. The van der Waals surface area contributed by atoms with Crippen LogP contribution in [0.4, 0.5) is 0 Å². The quantitative estimate of drug-likeness (QED) is 0.0312. The SMILES string of the molecule is CCO[n+]1ccccc1Oc1c2ccccc2cc2cc3ccccc3cc12.CCO[n+]1ccccc1Oc1c2ccccc2cc2cc3ccccc3cc12.[O-]B([O-])OCCCC(c1ccccc1)(c1ccccc1)c1ccccc1. The first kappa shape index (κ1) is 54.4. The van der Waals surface area contributed by atoms with Gasteiger partial charge in [-0.15, -0.1) is 0 Å². The molecule has 0 saturated heterocycles. The third kappa shape index (κ3) is 12.0. The van der Waals surface area contributed by atoms with Crippen molar-refractivity contribution in [1.82, 2.24) is 0 Å². The van der Waals surface area contributed by atoms with Gasteiger partial charge in [0.2, 0.25) is 12.4 Å². The molecule has 404 valence electrons. The molecule has 13 rings (SSSR count). The van der Waals surface area contributed by atoms with E-state index in [2.05, 4.69) is 158 Å². The van der Waals surface area contributed by atoms with Crippen LogP contribution in [0.5, 0.6) is 23.3 Å². The van der Waals surface area contributed by atoms with E-state index in [-0.39, 0.29) is 12.0 Å². The van der Waals surface area contributed by atoms with Crippen LogP contribution < -0.4 is 38.7 Å². The lowest BCUT2D eigenvalue weighted by Crippen LogP contribution is -2.48. The van der Waals surface area contributed by atoms with Crippen LogP contribution >= 0.6 is 0 Å². The number of hydrogen-bond donors (Lipinski definition) is 0. The van der Waals surface area contributed by atoms with Gasteiger partial charge in [0.15, 0.2) is 13.2 Å². The maximum absolute atomic E-state index is 10.7. The highest BCUT2D eigenvalue weighted by atomic mass is 16.7. The van der Waals surface area contributed by atoms with Crippen LogP contribution in [0.2, 0.25) is 0 Å². The van der Waals surface area contributed by atoms with Crippen LogP contribution in [0.25, 0.3) is 64.6 Å². The number of aromatic nitrogens is 2. The Balaban J connectivity index is 0.000000129. The summed E-state index contributed by atoms with van der Waals surface area (Å²) in [6.45, 7) is 5.20. The third-order valence-corrected chi connectivity index (χ3v) is 14.6. The molecule has 11 aromatic carbocycles. The molecule has 0 bridgehead atoms. The van der Waals surface area contributed by atoms with E-state index in [4.69, 9.17) is 23.8 Å². The molecule has 13 aromatic rings. The molecule has 9 nitrogen and oxygen atoms in total. The summed E-state index contributed by atoms with van der Waals surface area (Å²) in [6, 6.07) is 89.5. The Bertz CT molecular complexity index is 3950. The molecule has 2 aromatic heterocycles. The molecule has 0 N–H and O–H groups in total. The van der Waals surface area contributed by atoms with Gasteiger partial charge in [0, 0.05) is 55.2 Å². The summed E-state index contributed by atoms with van der Waals surface area (Å²) in [5.41, 5.74) is 3.17. The van der Waals surface area contributed by atoms with E-state index in [1.165, 1.54) is 38.2 Å². The van der Waals surface area contributed by atoms with Gasteiger partial charge in [0.1, 0.15) is 11.5 Å². The van der Waals surface area contributed by atoms with Gasteiger partial charge < -0.3 is 24.2 Å². The molecule has 0 unspecified atom stereocenters. The second kappa shape index (κ2) is 25.7. The number of fused-ring (bicyclic) bond motifs is 6. The summed E-state index contributed by atoms with van der Waals surface area (Å²) in [4.78, 5) is 11.4. The second-order valence-electron chi connectivity index (χ2n) is 19.7. The molecule has 0 aliphatic heterocycles. The summed E-state index contributed by atoms with van der Waals surface area (Å²) in [5.74, 6) is 2.99. The fraction of sp³-hybridized carbons (Fsp3) is 0.111. The van der Waals surface area contributed by atoms with E-state index in [1.54, 1.807) is 9.46 Å². The number of ether oxygens (including phenoxy) is 2.